The van der Waals surface area contributed by atoms with Crippen molar-refractivity contribution in [2.75, 3.05) is 13.1 Å². The van der Waals surface area contributed by atoms with E-state index in [4.69, 9.17) is 4.42 Å². The molecule has 5 nitrogen and oxygen atoms in total. The zero-order valence-corrected chi connectivity index (χ0v) is 15.4. The standard InChI is InChI=1S/C20H21F3N2O3/c1-2-3-9-24-18(26)16-11-13-8-10-25(12-17(13)28-16)19(27)14-6-4-5-7-15(14)20(21,22)23/h4-7,11H,2-3,8-10,12H2,1H3,(H,24,26). The predicted molar refractivity (Wildman–Crippen MR) is 95.8 cm³/mol. The summed E-state index contributed by atoms with van der Waals surface area (Å²) >= 11 is 0. The quantitative estimate of drug-likeness (QED) is 0.779. The van der Waals surface area contributed by atoms with Crippen LogP contribution in [0.15, 0.2) is 34.7 Å². The average Bonchev–Trinajstić information content (AvgIpc) is 3.10. The SMILES string of the molecule is CCCCNC(=O)c1cc2c(o1)CN(C(=O)c1ccccc1C(F)(F)F)CC2. The molecule has 0 radical (unpaired) electrons. The first-order valence-electron chi connectivity index (χ1n) is 9.16. The van der Waals surface area contributed by atoms with Crippen LogP contribution >= 0.6 is 0 Å². The summed E-state index contributed by atoms with van der Waals surface area (Å²) in [4.78, 5) is 26.1. The average molecular weight is 394 g/mol. The van der Waals surface area contributed by atoms with Crippen LogP contribution in [0, 0.1) is 0 Å². The number of rotatable bonds is 5. The molecule has 0 atom stereocenters. The number of nitrogens with zero attached hydrogens (tertiary/aromatic N) is 1. The van der Waals surface area contributed by atoms with Crippen LogP contribution in [0.2, 0.25) is 0 Å². The van der Waals surface area contributed by atoms with Crippen molar-refractivity contribution in [3.05, 3.63) is 58.5 Å². The van der Waals surface area contributed by atoms with E-state index in [-0.39, 0.29) is 30.3 Å². The summed E-state index contributed by atoms with van der Waals surface area (Å²) in [7, 11) is 0. The van der Waals surface area contributed by atoms with Crippen molar-refractivity contribution >= 4 is 11.8 Å². The first kappa shape index (κ1) is 20.0. The molecule has 1 aliphatic heterocycles. The van der Waals surface area contributed by atoms with Crippen LogP contribution < -0.4 is 5.32 Å². The van der Waals surface area contributed by atoms with Crippen LogP contribution in [0.4, 0.5) is 13.2 Å². The Labute approximate surface area is 160 Å². The molecular formula is C20H21F3N2O3. The summed E-state index contributed by atoms with van der Waals surface area (Å²) in [5.74, 6) is -0.442. The molecule has 0 saturated carbocycles. The van der Waals surface area contributed by atoms with Gasteiger partial charge in [0.25, 0.3) is 11.8 Å². The summed E-state index contributed by atoms with van der Waals surface area (Å²) in [5, 5.41) is 2.75. The summed E-state index contributed by atoms with van der Waals surface area (Å²) in [6.45, 7) is 2.84. The summed E-state index contributed by atoms with van der Waals surface area (Å²) in [6.07, 6.45) is -2.39. The van der Waals surface area contributed by atoms with Gasteiger partial charge in [0.05, 0.1) is 17.7 Å². The second kappa shape index (κ2) is 8.08. The number of nitrogens with one attached hydrogen (secondary N) is 1. The Bertz CT molecular complexity index is 874. The van der Waals surface area contributed by atoms with Gasteiger partial charge in [0, 0.05) is 13.1 Å². The molecule has 2 aromatic rings. The van der Waals surface area contributed by atoms with Crippen molar-refractivity contribution in [2.45, 2.75) is 38.9 Å². The molecule has 1 aromatic heterocycles. The van der Waals surface area contributed by atoms with Crippen LogP contribution in [-0.2, 0) is 19.1 Å². The number of hydrogen-bond acceptors (Lipinski definition) is 3. The van der Waals surface area contributed by atoms with Crippen molar-refractivity contribution in [3.8, 4) is 0 Å². The number of carbonyl (C=O) groups excluding carboxylic acids is 2. The highest BCUT2D eigenvalue weighted by Gasteiger charge is 2.36. The highest BCUT2D eigenvalue weighted by atomic mass is 19.4. The molecule has 1 aliphatic rings. The van der Waals surface area contributed by atoms with Crippen LogP contribution in [0.1, 0.15) is 57.6 Å². The molecule has 0 bridgehead atoms. The fraction of sp³-hybridized carbons (Fsp3) is 0.400. The number of benzene rings is 1. The molecule has 150 valence electrons. The van der Waals surface area contributed by atoms with Crippen molar-refractivity contribution in [3.63, 3.8) is 0 Å². The molecular weight excluding hydrogens is 373 g/mol. The van der Waals surface area contributed by atoms with E-state index < -0.39 is 17.6 Å². The summed E-state index contributed by atoms with van der Waals surface area (Å²) in [5.41, 5.74) is -0.544. The van der Waals surface area contributed by atoms with E-state index in [0.717, 1.165) is 24.5 Å². The minimum Gasteiger partial charge on any atom is -0.454 e. The number of fused-ring (bicyclic) bond motifs is 1. The molecule has 2 amide bonds. The lowest BCUT2D eigenvalue weighted by Gasteiger charge is -2.27. The summed E-state index contributed by atoms with van der Waals surface area (Å²) < 4.78 is 45.2. The highest BCUT2D eigenvalue weighted by Crippen LogP contribution is 2.33. The van der Waals surface area contributed by atoms with Gasteiger partial charge in [-0.05, 0) is 36.6 Å². The Morgan fingerprint density at radius 1 is 1.25 bits per heavy atom. The number of halogens is 3. The lowest BCUT2D eigenvalue weighted by Crippen LogP contribution is -2.36. The van der Waals surface area contributed by atoms with E-state index in [1.54, 1.807) is 6.07 Å². The molecule has 0 aliphatic carbocycles. The van der Waals surface area contributed by atoms with Gasteiger partial charge >= 0.3 is 6.18 Å². The zero-order chi connectivity index (χ0) is 20.3. The Hall–Kier alpha value is -2.77. The van der Waals surface area contributed by atoms with Crippen LogP contribution in [0.3, 0.4) is 0 Å². The van der Waals surface area contributed by atoms with Gasteiger partial charge in [-0.1, -0.05) is 25.5 Å². The maximum atomic E-state index is 13.2. The van der Waals surface area contributed by atoms with Crippen molar-refractivity contribution in [1.82, 2.24) is 10.2 Å². The number of amides is 2. The van der Waals surface area contributed by atoms with Gasteiger partial charge in [-0.25, -0.2) is 0 Å². The maximum absolute atomic E-state index is 13.2. The largest absolute Gasteiger partial charge is 0.454 e. The topological polar surface area (TPSA) is 62.6 Å². The zero-order valence-electron chi connectivity index (χ0n) is 15.4. The molecule has 3 rings (SSSR count). The number of furan rings is 1. The first-order chi connectivity index (χ1) is 13.3. The van der Waals surface area contributed by atoms with Crippen molar-refractivity contribution in [1.29, 1.82) is 0 Å². The van der Waals surface area contributed by atoms with Crippen LogP contribution in [-0.4, -0.2) is 29.8 Å². The molecule has 2 heterocycles. The molecule has 1 aromatic carbocycles. The van der Waals surface area contributed by atoms with E-state index in [1.807, 2.05) is 6.92 Å². The summed E-state index contributed by atoms with van der Waals surface area (Å²) in [6, 6.07) is 6.37. The van der Waals surface area contributed by atoms with Gasteiger partial charge in [0.15, 0.2) is 5.76 Å². The number of unbranched alkanes of at least 4 members (excludes halogenated alkanes) is 1. The smallest absolute Gasteiger partial charge is 0.417 e. The molecule has 1 N–H and O–H groups in total. The van der Waals surface area contributed by atoms with Gasteiger partial charge in [0.2, 0.25) is 0 Å². The third-order valence-corrected chi connectivity index (χ3v) is 4.67. The minimum atomic E-state index is -4.61. The second-order valence-electron chi connectivity index (χ2n) is 6.69. The number of hydrogen-bond donors (Lipinski definition) is 1. The van der Waals surface area contributed by atoms with E-state index in [9.17, 15) is 22.8 Å². The van der Waals surface area contributed by atoms with E-state index in [0.29, 0.717) is 18.7 Å². The minimum absolute atomic E-state index is 0.0304. The normalized spacial score (nSPS) is 13.9. The number of alkyl halides is 3. The van der Waals surface area contributed by atoms with Gasteiger partial charge in [-0.3, -0.25) is 9.59 Å². The molecule has 0 saturated heterocycles. The fourth-order valence-corrected chi connectivity index (χ4v) is 3.16. The second-order valence-corrected chi connectivity index (χ2v) is 6.69. The Kier molecular flexibility index (Phi) is 5.76. The third-order valence-electron chi connectivity index (χ3n) is 4.67. The fourth-order valence-electron chi connectivity index (χ4n) is 3.16. The van der Waals surface area contributed by atoms with Gasteiger partial charge in [-0.2, -0.15) is 13.2 Å². The monoisotopic (exact) mass is 394 g/mol. The molecule has 8 heteroatoms. The van der Waals surface area contributed by atoms with Gasteiger partial charge in [-0.15, -0.1) is 0 Å². The van der Waals surface area contributed by atoms with E-state index in [2.05, 4.69) is 5.32 Å². The van der Waals surface area contributed by atoms with Crippen molar-refractivity contribution < 1.29 is 27.2 Å². The molecule has 0 unspecified atom stereocenters. The van der Waals surface area contributed by atoms with E-state index in [1.165, 1.54) is 23.1 Å². The van der Waals surface area contributed by atoms with Gasteiger partial charge < -0.3 is 14.6 Å². The lowest BCUT2D eigenvalue weighted by atomic mass is 10.0. The molecule has 28 heavy (non-hydrogen) atoms. The van der Waals surface area contributed by atoms with Crippen LogP contribution in [0.25, 0.3) is 0 Å². The van der Waals surface area contributed by atoms with Crippen LogP contribution in [0.5, 0.6) is 0 Å². The van der Waals surface area contributed by atoms with E-state index >= 15 is 0 Å². The Morgan fingerprint density at radius 2 is 2.00 bits per heavy atom. The Balaban J connectivity index is 1.76. The number of carbonyl (C=O) groups is 2. The molecule has 0 fully saturated rings. The first-order valence-corrected chi connectivity index (χ1v) is 9.16. The predicted octanol–water partition coefficient (Wildman–Crippen LogP) is 4.03. The van der Waals surface area contributed by atoms with Crippen molar-refractivity contribution in [2.24, 2.45) is 0 Å². The van der Waals surface area contributed by atoms with Gasteiger partial charge in [0.1, 0.15) is 5.76 Å². The maximum Gasteiger partial charge on any atom is 0.417 e. The molecule has 0 spiro atoms. The third kappa shape index (κ3) is 4.21. The highest BCUT2D eigenvalue weighted by molar-refractivity contribution is 5.96. The lowest BCUT2D eigenvalue weighted by molar-refractivity contribution is -0.138. The Morgan fingerprint density at radius 3 is 2.71 bits per heavy atom.